The van der Waals surface area contributed by atoms with Crippen LogP contribution in [0, 0.1) is 0 Å². The van der Waals surface area contributed by atoms with Crippen LogP contribution in [0.3, 0.4) is 0 Å². The second kappa shape index (κ2) is 7.97. The van der Waals surface area contributed by atoms with Crippen LogP contribution in [0.25, 0.3) is 0 Å². The number of halogens is 2. The Balaban J connectivity index is 2.26. The van der Waals surface area contributed by atoms with Crippen molar-refractivity contribution in [3.63, 3.8) is 0 Å². The third-order valence-electron chi connectivity index (χ3n) is 2.43. The molecular weight excluding hydrogens is 356 g/mol. The number of benzene rings is 1. The number of ether oxygens (including phenoxy) is 2. The molecule has 0 unspecified atom stereocenters. The van der Waals surface area contributed by atoms with Gasteiger partial charge in [0.2, 0.25) is 9.05 Å². The summed E-state index contributed by atoms with van der Waals surface area (Å²) in [6.07, 6.45) is 2.10. The summed E-state index contributed by atoms with van der Waals surface area (Å²) in [5.41, 5.74) is 0. The van der Waals surface area contributed by atoms with Gasteiger partial charge in [0.15, 0.2) is 0 Å². The monoisotopic (exact) mass is 370 g/mol. The fourth-order valence-electron chi connectivity index (χ4n) is 1.46. The molecule has 1 rings (SSSR count). The van der Waals surface area contributed by atoms with Crippen molar-refractivity contribution in [3.8, 4) is 11.5 Å². The fraction of sp³-hybridized carbons (Fsp3) is 0.500. The molecule has 0 atom stereocenters. The van der Waals surface area contributed by atoms with Crippen molar-refractivity contribution >= 4 is 35.7 Å². The Morgan fingerprint density at radius 3 is 2.58 bits per heavy atom. The van der Waals surface area contributed by atoms with Crippen LogP contribution >= 0.6 is 26.6 Å². The van der Waals surface area contributed by atoms with Crippen molar-refractivity contribution in [2.75, 3.05) is 19.5 Å². The predicted molar refractivity (Wildman–Crippen MR) is 79.7 cm³/mol. The van der Waals surface area contributed by atoms with Gasteiger partial charge in [0.25, 0.3) is 0 Å². The van der Waals surface area contributed by atoms with Gasteiger partial charge in [-0.05, 0) is 53.4 Å². The molecule has 0 radical (unpaired) electrons. The molecule has 1 aromatic rings. The summed E-state index contributed by atoms with van der Waals surface area (Å²) in [5.74, 6) is 1.51. The van der Waals surface area contributed by atoms with E-state index in [1.54, 1.807) is 7.11 Å². The highest BCUT2D eigenvalue weighted by atomic mass is 79.9. The molecule has 0 amide bonds. The first kappa shape index (κ1) is 16.6. The molecule has 7 heteroatoms. The Morgan fingerprint density at radius 1 is 1.26 bits per heavy atom. The fourth-order valence-corrected chi connectivity index (χ4v) is 2.81. The standard InChI is InChI=1S/C12H16BrClO4S/c1-17-10-5-6-12(11(13)9-10)18-7-3-2-4-8-19(14,15)16/h5-6,9H,2-4,7-8H2,1H3. The molecule has 0 spiro atoms. The van der Waals surface area contributed by atoms with Gasteiger partial charge >= 0.3 is 0 Å². The van der Waals surface area contributed by atoms with Gasteiger partial charge in [0.05, 0.1) is 23.9 Å². The van der Waals surface area contributed by atoms with E-state index in [1.165, 1.54) is 0 Å². The van der Waals surface area contributed by atoms with Crippen LogP contribution in [0.15, 0.2) is 22.7 Å². The van der Waals surface area contributed by atoms with E-state index < -0.39 is 9.05 Å². The highest BCUT2D eigenvalue weighted by Crippen LogP contribution is 2.29. The molecule has 0 aromatic heterocycles. The SMILES string of the molecule is COc1ccc(OCCCCCS(=O)(=O)Cl)c(Br)c1. The smallest absolute Gasteiger partial charge is 0.232 e. The summed E-state index contributed by atoms with van der Waals surface area (Å²) in [4.78, 5) is 0. The average molecular weight is 372 g/mol. The quantitative estimate of drug-likeness (QED) is 0.518. The minimum Gasteiger partial charge on any atom is -0.497 e. The maximum Gasteiger partial charge on any atom is 0.232 e. The first-order valence-electron chi connectivity index (χ1n) is 5.81. The van der Waals surface area contributed by atoms with E-state index in [0.717, 1.165) is 28.8 Å². The highest BCUT2D eigenvalue weighted by molar-refractivity contribution is 9.10. The molecular formula is C12H16BrClO4S. The second-order valence-electron chi connectivity index (χ2n) is 3.95. The van der Waals surface area contributed by atoms with E-state index in [9.17, 15) is 8.42 Å². The normalized spacial score (nSPS) is 11.3. The molecule has 19 heavy (non-hydrogen) atoms. The van der Waals surface area contributed by atoms with Crippen molar-refractivity contribution in [2.24, 2.45) is 0 Å². The summed E-state index contributed by atoms with van der Waals surface area (Å²) in [7, 11) is 3.35. The number of hydrogen-bond acceptors (Lipinski definition) is 4. The molecule has 0 aliphatic carbocycles. The molecule has 0 heterocycles. The third-order valence-corrected chi connectivity index (χ3v) is 4.29. The summed E-state index contributed by atoms with van der Waals surface area (Å²) < 4.78 is 32.9. The Kier molecular flexibility index (Phi) is 6.96. The molecule has 0 bridgehead atoms. The Hall–Kier alpha value is -0.460. The first-order chi connectivity index (χ1) is 8.92. The number of unbranched alkanes of at least 4 members (excludes halogenated alkanes) is 2. The van der Waals surface area contributed by atoms with Crippen molar-refractivity contribution in [1.29, 1.82) is 0 Å². The average Bonchev–Trinajstić information content (AvgIpc) is 2.33. The van der Waals surface area contributed by atoms with Crippen LogP contribution in [-0.2, 0) is 9.05 Å². The highest BCUT2D eigenvalue weighted by Gasteiger charge is 2.05. The van der Waals surface area contributed by atoms with E-state index in [4.69, 9.17) is 20.2 Å². The van der Waals surface area contributed by atoms with E-state index in [1.807, 2.05) is 18.2 Å². The zero-order valence-corrected chi connectivity index (χ0v) is 13.7. The van der Waals surface area contributed by atoms with Crippen molar-refractivity contribution in [3.05, 3.63) is 22.7 Å². The number of rotatable bonds is 8. The van der Waals surface area contributed by atoms with Crippen LogP contribution in [0.2, 0.25) is 0 Å². The maximum absolute atomic E-state index is 10.7. The lowest BCUT2D eigenvalue weighted by molar-refractivity contribution is 0.304. The topological polar surface area (TPSA) is 52.6 Å². The molecule has 1 aromatic carbocycles. The first-order valence-corrected chi connectivity index (χ1v) is 9.08. The van der Waals surface area contributed by atoms with E-state index in [0.29, 0.717) is 13.0 Å². The summed E-state index contributed by atoms with van der Waals surface area (Å²) in [6.45, 7) is 0.535. The van der Waals surface area contributed by atoms with Gasteiger partial charge in [-0.2, -0.15) is 0 Å². The lowest BCUT2D eigenvalue weighted by Gasteiger charge is -2.09. The molecule has 0 N–H and O–H groups in total. The Morgan fingerprint density at radius 2 is 2.00 bits per heavy atom. The van der Waals surface area contributed by atoms with Crippen molar-refractivity contribution in [2.45, 2.75) is 19.3 Å². The summed E-state index contributed by atoms with van der Waals surface area (Å²) in [5, 5.41) is 0. The zero-order valence-electron chi connectivity index (χ0n) is 10.6. The van der Waals surface area contributed by atoms with Crippen LogP contribution in [0.4, 0.5) is 0 Å². The molecule has 0 saturated carbocycles. The van der Waals surface area contributed by atoms with Gasteiger partial charge in [-0.1, -0.05) is 0 Å². The molecule has 0 aliphatic heterocycles. The lowest BCUT2D eigenvalue weighted by Crippen LogP contribution is -2.01. The van der Waals surface area contributed by atoms with Crippen molar-refractivity contribution in [1.82, 2.24) is 0 Å². The van der Waals surface area contributed by atoms with Gasteiger partial charge in [0, 0.05) is 10.7 Å². The minimum atomic E-state index is -3.37. The molecule has 4 nitrogen and oxygen atoms in total. The summed E-state index contributed by atoms with van der Waals surface area (Å²) >= 11 is 3.40. The van der Waals surface area contributed by atoms with Crippen LogP contribution < -0.4 is 9.47 Å². The van der Waals surface area contributed by atoms with Gasteiger partial charge < -0.3 is 9.47 Å². The zero-order chi connectivity index (χ0) is 14.3. The van der Waals surface area contributed by atoms with Crippen molar-refractivity contribution < 1.29 is 17.9 Å². The second-order valence-corrected chi connectivity index (χ2v) is 7.70. The van der Waals surface area contributed by atoms with Gasteiger partial charge in [-0.3, -0.25) is 0 Å². The maximum atomic E-state index is 10.7. The lowest BCUT2D eigenvalue weighted by atomic mass is 10.2. The van der Waals surface area contributed by atoms with E-state index in [-0.39, 0.29) is 5.75 Å². The molecule has 0 saturated heterocycles. The van der Waals surface area contributed by atoms with Crippen LogP contribution in [-0.4, -0.2) is 27.9 Å². The Labute approximate surface area is 126 Å². The van der Waals surface area contributed by atoms with Crippen LogP contribution in [0.5, 0.6) is 11.5 Å². The van der Waals surface area contributed by atoms with Crippen LogP contribution in [0.1, 0.15) is 19.3 Å². The number of hydrogen-bond donors (Lipinski definition) is 0. The largest absolute Gasteiger partial charge is 0.497 e. The van der Waals surface area contributed by atoms with E-state index in [2.05, 4.69) is 15.9 Å². The third kappa shape index (κ3) is 7.03. The minimum absolute atomic E-state index is 0.0147. The van der Waals surface area contributed by atoms with E-state index >= 15 is 0 Å². The van der Waals surface area contributed by atoms with Gasteiger partial charge in [-0.25, -0.2) is 8.42 Å². The number of methoxy groups -OCH3 is 1. The predicted octanol–water partition coefficient (Wildman–Crippen LogP) is 3.58. The molecule has 0 aliphatic rings. The summed E-state index contributed by atoms with van der Waals surface area (Å²) in [6, 6.07) is 5.47. The van der Waals surface area contributed by atoms with Gasteiger partial charge in [-0.15, -0.1) is 0 Å². The molecule has 108 valence electrons. The Bertz CT molecular complexity index is 504. The van der Waals surface area contributed by atoms with Gasteiger partial charge in [0.1, 0.15) is 11.5 Å². The molecule has 0 fully saturated rings.